The maximum Gasteiger partial charge on any atom is 0.251 e. The maximum atomic E-state index is 12.5. The average molecular weight is 419 g/mol. The van der Waals surface area contributed by atoms with Crippen molar-refractivity contribution in [3.05, 3.63) is 70.2 Å². The summed E-state index contributed by atoms with van der Waals surface area (Å²) in [6.45, 7) is 1.82. The van der Waals surface area contributed by atoms with E-state index in [9.17, 15) is 9.59 Å². The van der Waals surface area contributed by atoms with E-state index >= 15 is 0 Å². The van der Waals surface area contributed by atoms with Crippen LogP contribution in [0.4, 0.5) is 0 Å². The molecule has 2 amide bonds. The summed E-state index contributed by atoms with van der Waals surface area (Å²) in [5.74, 6) is -0.196. The quantitative estimate of drug-likeness (QED) is 0.679. The molecule has 2 aromatic carbocycles. The largest absolute Gasteiger partial charge is 0.383 e. The van der Waals surface area contributed by atoms with Crippen molar-refractivity contribution in [1.82, 2.24) is 10.2 Å². The Morgan fingerprint density at radius 2 is 1.77 bits per heavy atom. The molecule has 26 heavy (non-hydrogen) atoms. The van der Waals surface area contributed by atoms with Gasteiger partial charge in [0.25, 0.3) is 5.91 Å². The summed E-state index contributed by atoms with van der Waals surface area (Å²) < 4.78 is 6.02. The summed E-state index contributed by atoms with van der Waals surface area (Å²) in [7, 11) is 1.61. The third kappa shape index (κ3) is 6.61. The molecule has 0 saturated heterocycles. The summed E-state index contributed by atoms with van der Waals surface area (Å²) in [5.41, 5.74) is 1.64. The number of halogens is 1. The van der Waals surface area contributed by atoms with Gasteiger partial charge in [-0.3, -0.25) is 9.59 Å². The highest BCUT2D eigenvalue weighted by Crippen LogP contribution is 2.10. The van der Waals surface area contributed by atoms with Crippen LogP contribution in [-0.2, 0) is 16.1 Å². The van der Waals surface area contributed by atoms with E-state index in [4.69, 9.17) is 4.74 Å². The van der Waals surface area contributed by atoms with Crippen LogP contribution in [-0.4, -0.2) is 43.5 Å². The molecule has 0 saturated carbocycles. The normalized spacial score (nSPS) is 10.4. The number of nitrogens with zero attached hydrogens (tertiary/aromatic N) is 1. The van der Waals surface area contributed by atoms with Crippen LogP contribution in [0.2, 0.25) is 0 Å². The first kappa shape index (κ1) is 20.1. The fraction of sp³-hybridized carbons (Fsp3) is 0.300. The number of benzene rings is 2. The van der Waals surface area contributed by atoms with Gasteiger partial charge >= 0.3 is 0 Å². The number of nitrogens with one attached hydrogen (secondary N) is 1. The van der Waals surface area contributed by atoms with Crippen LogP contribution in [0.3, 0.4) is 0 Å². The molecule has 0 unspecified atom stereocenters. The van der Waals surface area contributed by atoms with Crippen molar-refractivity contribution in [2.45, 2.75) is 13.0 Å². The zero-order valence-corrected chi connectivity index (χ0v) is 16.4. The minimum absolute atomic E-state index is 0.0120. The van der Waals surface area contributed by atoms with Gasteiger partial charge in [0.15, 0.2) is 0 Å². The summed E-state index contributed by atoms with van der Waals surface area (Å²) >= 11 is 3.34. The molecule has 0 bridgehead atoms. The lowest BCUT2D eigenvalue weighted by Gasteiger charge is -2.22. The van der Waals surface area contributed by atoms with Gasteiger partial charge in [-0.1, -0.05) is 46.3 Å². The van der Waals surface area contributed by atoms with Crippen molar-refractivity contribution in [2.75, 3.05) is 26.8 Å². The van der Waals surface area contributed by atoms with Crippen molar-refractivity contribution in [1.29, 1.82) is 0 Å². The van der Waals surface area contributed by atoms with E-state index in [2.05, 4.69) is 21.2 Å². The van der Waals surface area contributed by atoms with E-state index in [0.29, 0.717) is 31.8 Å². The summed E-state index contributed by atoms with van der Waals surface area (Å²) in [4.78, 5) is 26.4. The van der Waals surface area contributed by atoms with Gasteiger partial charge < -0.3 is 15.0 Å². The molecule has 6 heteroatoms. The van der Waals surface area contributed by atoms with Crippen molar-refractivity contribution < 1.29 is 14.3 Å². The topological polar surface area (TPSA) is 58.6 Å². The molecule has 0 fully saturated rings. The molecule has 0 heterocycles. The first-order valence-corrected chi connectivity index (χ1v) is 9.24. The van der Waals surface area contributed by atoms with Crippen LogP contribution >= 0.6 is 15.9 Å². The number of rotatable bonds is 9. The highest BCUT2D eigenvalue weighted by Gasteiger charge is 2.14. The highest BCUT2D eigenvalue weighted by molar-refractivity contribution is 9.10. The van der Waals surface area contributed by atoms with Crippen LogP contribution in [0.15, 0.2) is 59.1 Å². The second-order valence-electron chi connectivity index (χ2n) is 5.81. The number of amides is 2. The van der Waals surface area contributed by atoms with Gasteiger partial charge in [-0.2, -0.15) is 0 Å². The van der Waals surface area contributed by atoms with E-state index < -0.39 is 0 Å². The first-order valence-electron chi connectivity index (χ1n) is 8.44. The molecule has 0 radical (unpaired) electrons. The lowest BCUT2D eigenvalue weighted by atomic mass is 10.2. The van der Waals surface area contributed by atoms with Crippen LogP contribution in [0, 0.1) is 0 Å². The van der Waals surface area contributed by atoms with Gasteiger partial charge in [0.2, 0.25) is 5.91 Å². The summed E-state index contributed by atoms with van der Waals surface area (Å²) in [6.07, 6.45) is 0.249. The zero-order chi connectivity index (χ0) is 18.8. The molecule has 1 N–H and O–H groups in total. The number of carbonyl (C=O) groups excluding carboxylic acids is 2. The SMILES string of the molecule is COCCN(Cc1ccccc1)C(=O)CCNC(=O)c1ccc(Br)cc1. The lowest BCUT2D eigenvalue weighted by molar-refractivity contribution is -0.132. The molecule has 2 aromatic rings. The smallest absolute Gasteiger partial charge is 0.251 e. The Balaban J connectivity index is 1.85. The Morgan fingerprint density at radius 3 is 2.42 bits per heavy atom. The predicted octanol–water partition coefficient (Wildman–Crippen LogP) is 3.24. The van der Waals surface area contributed by atoms with Gasteiger partial charge in [-0.25, -0.2) is 0 Å². The van der Waals surface area contributed by atoms with Gasteiger partial charge in [-0.05, 0) is 29.8 Å². The molecule has 0 aromatic heterocycles. The minimum atomic E-state index is -0.184. The van der Waals surface area contributed by atoms with E-state index in [1.54, 1.807) is 24.1 Å². The van der Waals surface area contributed by atoms with Gasteiger partial charge in [0.05, 0.1) is 6.61 Å². The van der Waals surface area contributed by atoms with Gasteiger partial charge in [0.1, 0.15) is 0 Å². The van der Waals surface area contributed by atoms with Crippen molar-refractivity contribution in [3.63, 3.8) is 0 Å². The molecule has 0 atom stereocenters. The Labute approximate surface area is 162 Å². The monoisotopic (exact) mass is 418 g/mol. The fourth-order valence-corrected chi connectivity index (χ4v) is 2.71. The molecule has 5 nitrogen and oxygen atoms in total. The second kappa shape index (κ2) is 10.7. The summed E-state index contributed by atoms with van der Waals surface area (Å²) in [5, 5.41) is 2.79. The molecule has 0 spiro atoms. The van der Waals surface area contributed by atoms with Gasteiger partial charge in [0, 0.05) is 43.2 Å². The predicted molar refractivity (Wildman–Crippen MR) is 105 cm³/mol. The number of carbonyl (C=O) groups is 2. The molecule has 0 aliphatic carbocycles. The zero-order valence-electron chi connectivity index (χ0n) is 14.8. The Kier molecular flexibility index (Phi) is 8.31. The Hall–Kier alpha value is -2.18. The van der Waals surface area contributed by atoms with E-state index in [-0.39, 0.29) is 18.2 Å². The van der Waals surface area contributed by atoms with Crippen molar-refractivity contribution >= 4 is 27.7 Å². The van der Waals surface area contributed by atoms with E-state index in [0.717, 1.165) is 10.0 Å². The molecule has 0 aliphatic rings. The van der Waals surface area contributed by atoms with E-state index in [1.165, 1.54) is 0 Å². The second-order valence-corrected chi connectivity index (χ2v) is 6.72. The number of hydrogen-bond donors (Lipinski definition) is 1. The number of ether oxygens (including phenoxy) is 1. The Morgan fingerprint density at radius 1 is 1.08 bits per heavy atom. The lowest BCUT2D eigenvalue weighted by Crippen LogP contribution is -2.36. The highest BCUT2D eigenvalue weighted by atomic mass is 79.9. The van der Waals surface area contributed by atoms with Crippen molar-refractivity contribution in [3.8, 4) is 0 Å². The third-order valence-electron chi connectivity index (χ3n) is 3.87. The Bertz CT molecular complexity index is 705. The molecule has 138 valence electrons. The summed E-state index contributed by atoms with van der Waals surface area (Å²) in [6, 6.07) is 16.9. The van der Waals surface area contributed by atoms with E-state index in [1.807, 2.05) is 42.5 Å². The molecule has 2 rings (SSSR count). The van der Waals surface area contributed by atoms with Crippen LogP contribution in [0.5, 0.6) is 0 Å². The number of methoxy groups -OCH3 is 1. The minimum Gasteiger partial charge on any atom is -0.383 e. The number of hydrogen-bond acceptors (Lipinski definition) is 3. The third-order valence-corrected chi connectivity index (χ3v) is 4.39. The average Bonchev–Trinajstić information content (AvgIpc) is 2.66. The fourth-order valence-electron chi connectivity index (χ4n) is 2.44. The van der Waals surface area contributed by atoms with Crippen LogP contribution < -0.4 is 5.32 Å². The molecular formula is C20H23BrN2O3. The first-order chi connectivity index (χ1) is 12.6. The standard InChI is InChI=1S/C20H23BrN2O3/c1-26-14-13-23(15-16-5-3-2-4-6-16)19(24)11-12-22-20(25)17-7-9-18(21)10-8-17/h2-10H,11-15H2,1H3,(H,22,25). The van der Waals surface area contributed by atoms with Crippen LogP contribution in [0.25, 0.3) is 0 Å². The van der Waals surface area contributed by atoms with Crippen molar-refractivity contribution in [2.24, 2.45) is 0 Å². The van der Waals surface area contributed by atoms with Gasteiger partial charge in [-0.15, -0.1) is 0 Å². The molecular weight excluding hydrogens is 396 g/mol. The van der Waals surface area contributed by atoms with Crippen LogP contribution in [0.1, 0.15) is 22.3 Å². The molecule has 0 aliphatic heterocycles. The maximum absolute atomic E-state index is 12.5.